The van der Waals surface area contributed by atoms with E-state index in [1.165, 1.54) is 12.8 Å². The first-order valence-electron chi connectivity index (χ1n) is 11.1. The Morgan fingerprint density at radius 3 is 2.94 bits per heavy atom. The van der Waals surface area contributed by atoms with Gasteiger partial charge in [0.2, 0.25) is 17.8 Å². The number of aromatic nitrogens is 5. The normalized spacial score (nSPS) is 23.8. The van der Waals surface area contributed by atoms with E-state index in [0.29, 0.717) is 17.8 Å². The zero-order valence-corrected chi connectivity index (χ0v) is 17.6. The highest BCUT2D eigenvalue weighted by atomic mass is 16.2. The summed E-state index contributed by atoms with van der Waals surface area (Å²) in [5.41, 5.74) is 1.28. The van der Waals surface area contributed by atoms with Crippen LogP contribution in [0.15, 0.2) is 24.4 Å². The highest BCUT2D eigenvalue weighted by Gasteiger charge is 2.45. The predicted octanol–water partition coefficient (Wildman–Crippen LogP) is 1.52. The van der Waals surface area contributed by atoms with Gasteiger partial charge in [-0.25, -0.2) is 0 Å². The summed E-state index contributed by atoms with van der Waals surface area (Å²) in [4.78, 5) is 24.8. The Hall–Kier alpha value is -3.14. The van der Waals surface area contributed by atoms with Crippen molar-refractivity contribution in [2.75, 3.05) is 29.9 Å². The molecule has 4 N–H and O–H groups in total. The predicted molar refractivity (Wildman–Crippen MR) is 117 cm³/mol. The molecule has 1 amide bonds. The summed E-state index contributed by atoms with van der Waals surface area (Å²) < 4.78 is 1.91. The second kappa shape index (κ2) is 6.94. The molecule has 3 aromatic heterocycles. The number of H-pyrrole nitrogens is 1. The summed E-state index contributed by atoms with van der Waals surface area (Å²) >= 11 is 0. The molecule has 3 aliphatic rings. The Labute approximate surface area is 179 Å². The summed E-state index contributed by atoms with van der Waals surface area (Å²) in [5.74, 6) is 2.59. The zero-order chi connectivity index (χ0) is 21.0. The largest absolute Gasteiger partial charge is 0.349 e. The Bertz CT molecular complexity index is 1130. The minimum atomic E-state index is -0.663. The van der Waals surface area contributed by atoms with E-state index in [4.69, 9.17) is 9.97 Å². The topological polar surface area (TPSA) is 115 Å². The standard InChI is InChI=1S/C21H27N9O/c1-21(18(31)23-14-11-22-12-14)7-3-9-30(21)20-25-17-4-2-8-29(17)19(26-20)24-16-10-15(27-28-16)13-5-6-13/h2,4,8,10,13-14,22H,3,5-7,9,11-12H2,1H3,(H,23,31)(H2,24,25,26,27,28)/t21-/m0/s1. The molecule has 2 saturated heterocycles. The van der Waals surface area contributed by atoms with Crippen LogP contribution in [0.1, 0.15) is 44.2 Å². The molecule has 1 aliphatic carbocycles. The molecular formula is C21H27N9O. The van der Waals surface area contributed by atoms with Gasteiger partial charge in [0.1, 0.15) is 11.2 Å². The molecule has 0 aromatic carbocycles. The number of hydrogen-bond donors (Lipinski definition) is 4. The van der Waals surface area contributed by atoms with Crippen molar-refractivity contribution in [3.63, 3.8) is 0 Å². The molecule has 162 valence electrons. The highest BCUT2D eigenvalue weighted by molar-refractivity contribution is 5.90. The number of fused-ring (bicyclic) bond motifs is 1. The van der Waals surface area contributed by atoms with E-state index in [1.807, 2.05) is 34.6 Å². The first kappa shape index (κ1) is 18.6. The fourth-order valence-electron chi connectivity index (χ4n) is 4.50. The number of rotatable bonds is 6. The number of nitrogens with zero attached hydrogens (tertiary/aromatic N) is 5. The van der Waals surface area contributed by atoms with Crippen LogP contribution in [-0.4, -0.2) is 61.7 Å². The molecule has 2 aliphatic heterocycles. The number of anilines is 3. The van der Waals surface area contributed by atoms with Crippen molar-refractivity contribution in [3.05, 3.63) is 30.1 Å². The third kappa shape index (κ3) is 3.21. The van der Waals surface area contributed by atoms with E-state index in [2.05, 4.69) is 32.2 Å². The average molecular weight is 422 g/mol. The van der Waals surface area contributed by atoms with E-state index in [1.54, 1.807) is 0 Å². The van der Waals surface area contributed by atoms with Gasteiger partial charge in [0.05, 0.1) is 6.04 Å². The minimum absolute atomic E-state index is 0.0474. The molecule has 5 heterocycles. The summed E-state index contributed by atoms with van der Waals surface area (Å²) in [6.07, 6.45) is 6.06. The molecule has 0 radical (unpaired) electrons. The van der Waals surface area contributed by atoms with Gasteiger partial charge in [0.15, 0.2) is 5.82 Å². The first-order valence-corrected chi connectivity index (χ1v) is 11.1. The van der Waals surface area contributed by atoms with E-state index >= 15 is 0 Å². The van der Waals surface area contributed by atoms with Crippen molar-refractivity contribution in [1.29, 1.82) is 0 Å². The summed E-state index contributed by atoms with van der Waals surface area (Å²) in [6, 6.07) is 6.15. The van der Waals surface area contributed by atoms with Crippen LogP contribution >= 0.6 is 0 Å². The van der Waals surface area contributed by atoms with Crippen LogP contribution in [0.5, 0.6) is 0 Å². The third-order valence-corrected chi connectivity index (χ3v) is 6.72. The summed E-state index contributed by atoms with van der Waals surface area (Å²) in [7, 11) is 0. The van der Waals surface area contributed by atoms with Crippen LogP contribution in [0.3, 0.4) is 0 Å². The maximum atomic E-state index is 13.1. The maximum Gasteiger partial charge on any atom is 0.246 e. The molecule has 1 saturated carbocycles. The molecular weight excluding hydrogens is 394 g/mol. The van der Waals surface area contributed by atoms with Crippen LogP contribution in [-0.2, 0) is 4.79 Å². The van der Waals surface area contributed by atoms with Crippen molar-refractivity contribution in [2.45, 2.75) is 50.1 Å². The Kier molecular flexibility index (Phi) is 4.17. The van der Waals surface area contributed by atoms with Gasteiger partial charge in [-0.2, -0.15) is 15.1 Å². The van der Waals surface area contributed by atoms with Gasteiger partial charge in [0.25, 0.3) is 0 Å². The minimum Gasteiger partial charge on any atom is -0.349 e. The number of aromatic amines is 1. The molecule has 6 rings (SSSR count). The van der Waals surface area contributed by atoms with Gasteiger partial charge in [-0.3, -0.25) is 14.3 Å². The Balaban J connectivity index is 1.32. The van der Waals surface area contributed by atoms with E-state index in [0.717, 1.165) is 49.6 Å². The number of carbonyl (C=O) groups is 1. The molecule has 10 nitrogen and oxygen atoms in total. The second-order valence-electron chi connectivity index (χ2n) is 9.05. The fraction of sp³-hybridized carbons (Fsp3) is 0.524. The van der Waals surface area contributed by atoms with Crippen molar-refractivity contribution < 1.29 is 4.79 Å². The number of carbonyl (C=O) groups excluding carboxylic acids is 1. The van der Waals surface area contributed by atoms with Crippen LogP contribution < -0.4 is 20.9 Å². The molecule has 3 aromatic rings. The SMILES string of the molecule is C[C@@]1(C(=O)NC2CNC2)CCCN1c1nc(Nc2cc(C3CC3)[nH]n2)n2cccc2n1. The average Bonchev–Trinajstić information content (AvgIpc) is 3.12. The van der Waals surface area contributed by atoms with Crippen molar-refractivity contribution in [3.8, 4) is 0 Å². The molecule has 0 unspecified atom stereocenters. The lowest BCUT2D eigenvalue weighted by molar-refractivity contribution is -0.126. The second-order valence-corrected chi connectivity index (χ2v) is 9.05. The van der Waals surface area contributed by atoms with Crippen LogP contribution in [0.25, 0.3) is 5.65 Å². The number of nitrogens with one attached hydrogen (secondary N) is 4. The Morgan fingerprint density at radius 2 is 2.16 bits per heavy atom. The van der Waals surface area contributed by atoms with Crippen LogP contribution in [0.4, 0.5) is 17.7 Å². The molecule has 10 heteroatoms. The van der Waals surface area contributed by atoms with E-state index < -0.39 is 5.54 Å². The fourth-order valence-corrected chi connectivity index (χ4v) is 4.50. The van der Waals surface area contributed by atoms with Gasteiger partial charge < -0.3 is 20.9 Å². The molecule has 0 spiro atoms. The van der Waals surface area contributed by atoms with Crippen LogP contribution in [0, 0.1) is 0 Å². The van der Waals surface area contributed by atoms with Gasteiger partial charge >= 0.3 is 0 Å². The van der Waals surface area contributed by atoms with Gasteiger partial charge in [-0.1, -0.05) is 0 Å². The quantitative estimate of drug-likeness (QED) is 0.477. The third-order valence-electron chi connectivity index (χ3n) is 6.72. The van der Waals surface area contributed by atoms with Crippen molar-refractivity contribution >= 4 is 29.3 Å². The lowest BCUT2D eigenvalue weighted by atomic mass is 9.97. The lowest BCUT2D eigenvalue weighted by Crippen LogP contribution is -2.63. The van der Waals surface area contributed by atoms with E-state index in [-0.39, 0.29) is 11.9 Å². The van der Waals surface area contributed by atoms with Gasteiger partial charge in [0, 0.05) is 43.5 Å². The summed E-state index contributed by atoms with van der Waals surface area (Å²) in [5, 5.41) is 17.2. The number of hydrogen-bond acceptors (Lipinski definition) is 7. The van der Waals surface area contributed by atoms with Gasteiger partial charge in [-0.05, 0) is 44.7 Å². The smallest absolute Gasteiger partial charge is 0.246 e. The lowest BCUT2D eigenvalue weighted by Gasteiger charge is -2.37. The molecule has 0 bridgehead atoms. The van der Waals surface area contributed by atoms with Gasteiger partial charge in [-0.15, -0.1) is 0 Å². The monoisotopic (exact) mass is 421 g/mol. The van der Waals surface area contributed by atoms with Crippen LogP contribution in [0.2, 0.25) is 0 Å². The molecule has 3 fully saturated rings. The summed E-state index contributed by atoms with van der Waals surface area (Å²) in [6.45, 7) is 4.40. The number of amides is 1. The van der Waals surface area contributed by atoms with E-state index in [9.17, 15) is 4.79 Å². The molecule has 1 atom stereocenters. The van der Waals surface area contributed by atoms with Crippen molar-refractivity contribution in [1.82, 2.24) is 35.2 Å². The Morgan fingerprint density at radius 1 is 1.29 bits per heavy atom. The molecule has 31 heavy (non-hydrogen) atoms. The zero-order valence-electron chi connectivity index (χ0n) is 17.6. The first-order chi connectivity index (χ1) is 15.1. The highest BCUT2D eigenvalue weighted by Crippen LogP contribution is 2.40. The maximum absolute atomic E-state index is 13.1. The van der Waals surface area contributed by atoms with Crippen molar-refractivity contribution in [2.24, 2.45) is 0 Å².